The first-order chi connectivity index (χ1) is 19.5. The van der Waals surface area contributed by atoms with Crippen LogP contribution in [0.4, 0.5) is 10.1 Å². The van der Waals surface area contributed by atoms with E-state index >= 15 is 0 Å². The van der Waals surface area contributed by atoms with Gasteiger partial charge in [0.25, 0.3) is 5.91 Å². The summed E-state index contributed by atoms with van der Waals surface area (Å²) in [4.78, 5) is 20.7. The van der Waals surface area contributed by atoms with Crippen LogP contribution in [0.15, 0.2) is 107 Å². The fourth-order valence-electron chi connectivity index (χ4n) is 4.12. The van der Waals surface area contributed by atoms with Gasteiger partial charge in [-0.3, -0.25) is 9.69 Å². The summed E-state index contributed by atoms with van der Waals surface area (Å²) in [7, 11) is 0. The molecule has 7 heteroatoms. The topological polar surface area (TPSA) is 51.1 Å². The SMILES string of the molecule is CCOc1cc(/C=C2/SC(=Nc3ccc(C)cc3)N(Cc3ccccc3)C2=O)ccc1OCc1ccc(F)cc1. The maximum Gasteiger partial charge on any atom is 0.267 e. The van der Waals surface area contributed by atoms with Crippen molar-refractivity contribution in [3.8, 4) is 11.5 Å². The van der Waals surface area contributed by atoms with Gasteiger partial charge in [-0.25, -0.2) is 9.38 Å². The number of amides is 1. The second-order valence-corrected chi connectivity index (χ2v) is 10.3. The molecule has 0 unspecified atom stereocenters. The number of hydrogen-bond acceptors (Lipinski definition) is 5. The molecule has 40 heavy (non-hydrogen) atoms. The average molecular weight is 553 g/mol. The van der Waals surface area contributed by atoms with Crippen LogP contribution in [0.2, 0.25) is 0 Å². The van der Waals surface area contributed by atoms with E-state index in [-0.39, 0.29) is 18.3 Å². The van der Waals surface area contributed by atoms with E-state index in [9.17, 15) is 9.18 Å². The molecular weight excluding hydrogens is 523 g/mol. The number of aliphatic imine (C=N–C) groups is 1. The highest BCUT2D eigenvalue weighted by atomic mass is 32.2. The minimum atomic E-state index is -0.287. The van der Waals surface area contributed by atoms with E-state index in [1.54, 1.807) is 17.0 Å². The Morgan fingerprint density at radius 3 is 2.35 bits per heavy atom. The summed E-state index contributed by atoms with van der Waals surface area (Å²) in [6.07, 6.45) is 1.86. The molecule has 0 spiro atoms. The van der Waals surface area contributed by atoms with Crippen LogP contribution in [0.5, 0.6) is 11.5 Å². The Morgan fingerprint density at radius 1 is 0.875 bits per heavy atom. The van der Waals surface area contributed by atoms with Gasteiger partial charge in [0.05, 0.1) is 23.7 Å². The largest absolute Gasteiger partial charge is 0.490 e. The molecule has 1 saturated heterocycles. The van der Waals surface area contributed by atoms with Crippen LogP contribution >= 0.6 is 11.8 Å². The summed E-state index contributed by atoms with van der Waals surface area (Å²) in [6, 6.07) is 29.6. The van der Waals surface area contributed by atoms with Gasteiger partial charge >= 0.3 is 0 Å². The standard InChI is InChI=1S/C33H29FN2O3S/c1-3-38-30-19-26(13-18-29(30)39-22-25-11-14-27(34)15-12-25)20-31-32(37)36(21-24-7-5-4-6-8-24)33(40-31)35-28-16-9-23(2)10-17-28/h4-20H,3,21-22H2,1-2H3/b31-20+,35-33?. The van der Waals surface area contributed by atoms with Crippen LogP contribution in [0.1, 0.15) is 29.2 Å². The highest BCUT2D eigenvalue weighted by Gasteiger charge is 2.33. The molecule has 1 heterocycles. The Balaban J connectivity index is 1.41. The molecule has 0 aromatic heterocycles. The van der Waals surface area contributed by atoms with Crippen LogP contribution in [0.3, 0.4) is 0 Å². The van der Waals surface area contributed by atoms with Crippen molar-refractivity contribution < 1.29 is 18.7 Å². The molecule has 5 nitrogen and oxygen atoms in total. The molecule has 0 N–H and O–H groups in total. The third-order valence-corrected chi connectivity index (χ3v) is 7.21. The zero-order valence-corrected chi connectivity index (χ0v) is 23.2. The number of thioether (sulfide) groups is 1. The summed E-state index contributed by atoms with van der Waals surface area (Å²) in [6.45, 7) is 5.10. The third-order valence-electron chi connectivity index (χ3n) is 6.20. The van der Waals surface area contributed by atoms with Crippen molar-refractivity contribution in [1.29, 1.82) is 0 Å². The van der Waals surface area contributed by atoms with Crippen molar-refractivity contribution in [3.63, 3.8) is 0 Å². The lowest BCUT2D eigenvalue weighted by molar-refractivity contribution is -0.122. The van der Waals surface area contributed by atoms with E-state index in [4.69, 9.17) is 14.5 Å². The molecule has 5 rings (SSSR count). The quantitative estimate of drug-likeness (QED) is 0.198. The first-order valence-electron chi connectivity index (χ1n) is 13.0. The molecule has 1 aliphatic rings. The number of ether oxygens (including phenoxy) is 2. The van der Waals surface area contributed by atoms with Crippen LogP contribution in [0, 0.1) is 12.7 Å². The zero-order chi connectivity index (χ0) is 27.9. The van der Waals surface area contributed by atoms with E-state index < -0.39 is 0 Å². The van der Waals surface area contributed by atoms with Crippen molar-refractivity contribution >= 4 is 34.6 Å². The number of amidine groups is 1. The lowest BCUT2D eigenvalue weighted by Gasteiger charge is -2.15. The molecule has 0 saturated carbocycles. The van der Waals surface area contributed by atoms with Crippen molar-refractivity contribution in [2.24, 2.45) is 4.99 Å². The maximum atomic E-state index is 13.6. The Morgan fingerprint density at radius 2 is 1.62 bits per heavy atom. The molecule has 1 fully saturated rings. The number of rotatable bonds is 9. The first kappa shape index (κ1) is 27.2. The minimum Gasteiger partial charge on any atom is -0.490 e. The monoisotopic (exact) mass is 552 g/mol. The smallest absolute Gasteiger partial charge is 0.267 e. The molecule has 4 aromatic carbocycles. The van der Waals surface area contributed by atoms with Gasteiger partial charge in [0, 0.05) is 0 Å². The molecule has 0 bridgehead atoms. The highest BCUT2D eigenvalue weighted by Crippen LogP contribution is 2.37. The number of aryl methyl sites for hydroxylation is 1. The van der Waals surface area contributed by atoms with Gasteiger partial charge < -0.3 is 9.47 Å². The fourth-order valence-corrected chi connectivity index (χ4v) is 5.12. The van der Waals surface area contributed by atoms with Gasteiger partial charge in [0.15, 0.2) is 16.7 Å². The molecule has 202 valence electrons. The molecule has 1 amide bonds. The van der Waals surface area contributed by atoms with Gasteiger partial charge in [-0.1, -0.05) is 66.2 Å². The van der Waals surface area contributed by atoms with Crippen molar-refractivity contribution in [1.82, 2.24) is 4.90 Å². The van der Waals surface area contributed by atoms with E-state index in [2.05, 4.69) is 0 Å². The van der Waals surface area contributed by atoms with Gasteiger partial charge in [-0.15, -0.1) is 0 Å². The first-order valence-corrected chi connectivity index (χ1v) is 13.8. The van der Waals surface area contributed by atoms with Crippen LogP contribution in [-0.4, -0.2) is 22.6 Å². The molecular formula is C33H29FN2O3S. The van der Waals surface area contributed by atoms with E-state index in [1.807, 2.05) is 92.7 Å². The van der Waals surface area contributed by atoms with E-state index in [0.717, 1.165) is 27.9 Å². The normalized spacial score (nSPS) is 15.2. The van der Waals surface area contributed by atoms with Gasteiger partial charge in [-0.2, -0.15) is 0 Å². The van der Waals surface area contributed by atoms with Crippen molar-refractivity contribution in [2.75, 3.05) is 6.61 Å². The number of carbonyl (C=O) groups excluding carboxylic acids is 1. The maximum absolute atomic E-state index is 13.6. The van der Waals surface area contributed by atoms with E-state index in [1.165, 1.54) is 23.9 Å². The van der Waals surface area contributed by atoms with Crippen LogP contribution in [-0.2, 0) is 17.9 Å². The summed E-state index contributed by atoms with van der Waals surface area (Å²) in [5.41, 5.74) is 4.62. The number of hydrogen-bond donors (Lipinski definition) is 0. The number of halogens is 1. The van der Waals surface area contributed by atoms with E-state index in [0.29, 0.717) is 34.7 Å². The second-order valence-electron chi connectivity index (χ2n) is 9.27. The van der Waals surface area contributed by atoms with Crippen LogP contribution < -0.4 is 9.47 Å². The van der Waals surface area contributed by atoms with Crippen LogP contribution in [0.25, 0.3) is 6.08 Å². The average Bonchev–Trinajstić information content (AvgIpc) is 3.24. The lowest BCUT2D eigenvalue weighted by atomic mass is 10.1. The molecule has 1 aliphatic heterocycles. The Bertz CT molecular complexity index is 1530. The minimum absolute atomic E-state index is 0.102. The molecule has 0 radical (unpaired) electrons. The Hall–Kier alpha value is -4.36. The van der Waals surface area contributed by atoms with Gasteiger partial charge in [0.2, 0.25) is 0 Å². The number of nitrogens with zero attached hydrogens (tertiary/aromatic N) is 2. The second kappa shape index (κ2) is 12.7. The Labute approximate surface area is 238 Å². The highest BCUT2D eigenvalue weighted by molar-refractivity contribution is 8.18. The van der Waals surface area contributed by atoms with Gasteiger partial charge in [0.1, 0.15) is 12.4 Å². The summed E-state index contributed by atoms with van der Waals surface area (Å²) < 4.78 is 25.0. The fraction of sp³-hybridized carbons (Fsp3) is 0.152. The third kappa shape index (κ3) is 6.79. The number of benzene rings is 4. The predicted octanol–water partition coefficient (Wildman–Crippen LogP) is 7.92. The summed E-state index contributed by atoms with van der Waals surface area (Å²) in [5, 5.41) is 0.633. The lowest BCUT2D eigenvalue weighted by Crippen LogP contribution is -2.28. The predicted molar refractivity (Wildman–Crippen MR) is 159 cm³/mol. The molecule has 0 aliphatic carbocycles. The van der Waals surface area contributed by atoms with Crippen molar-refractivity contribution in [3.05, 3.63) is 130 Å². The number of carbonyl (C=O) groups is 1. The Kier molecular flexibility index (Phi) is 8.62. The summed E-state index contributed by atoms with van der Waals surface area (Å²) in [5.74, 6) is 0.759. The van der Waals surface area contributed by atoms with Crippen molar-refractivity contribution in [2.45, 2.75) is 27.0 Å². The molecule has 0 atom stereocenters. The summed E-state index contributed by atoms with van der Waals surface area (Å²) >= 11 is 1.36. The zero-order valence-electron chi connectivity index (χ0n) is 22.3. The van der Waals surface area contributed by atoms with Gasteiger partial charge in [-0.05, 0) is 84.8 Å². The molecule has 4 aromatic rings.